The van der Waals surface area contributed by atoms with Crippen molar-refractivity contribution in [3.8, 4) is 5.69 Å². The highest BCUT2D eigenvalue weighted by molar-refractivity contribution is 5.95. The van der Waals surface area contributed by atoms with Crippen LogP contribution in [0.4, 0.5) is 0 Å². The summed E-state index contributed by atoms with van der Waals surface area (Å²) in [4.78, 5) is 35.7. The van der Waals surface area contributed by atoms with Crippen molar-refractivity contribution in [2.24, 2.45) is 0 Å². The highest BCUT2D eigenvalue weighted by Gasteiger charge is 2.27. The second kappa shape index (κ2) is 8.57. The molecule has 0 aliphatic heterocycles. The highest BCUT2D eigenvalue weighted by Crippen LogP contribution is 2.11. The van der Waals surface area contributed by atoms with Crippen LogP contribution >= 0.6 is 0 Å². The molecular weight excluding hydrogens is 374 g/mol. The van der Waals surface area contributed by atoms with Crippen molar-refractivity contribution in [2.45, 2.75) is 25.5 Å². The largest absolute Gasteiger partial charge is 0.479 e. The van der Waals surface area contributed by atoms with Gasteiger partial charge < -0.3 is 15.5 Å². The number of hydrogen-bond donors (Lipinski definition) is 4. The molecule has 1 heterocycles. The molecule has 2 aromatic carbocycles. The number of carbonyl (C=O) groups is 2. The molecule has 1 amide bonds. The molecule has 150 valence electrons. The Kier molecular flexibility index (Phi) is 5.94. The Hall–Kier alpha value is -3.65. The van der Waals surface area contributed by atoms with Crippen LogP contribution in [0.1, 0.15) is 21.6 Å². The van der Waals surface area contributed by atoms with Crippen LogP contribution in [0.5, 0.6) is 0 Å². The van der Waals surface area contributed by atoms with E-state index in [0.29, 0.717) is 11.4 Å². The second-order valence-corrected chi connectivity index (χ2v) is 6.71. The summed E-state index contributed by atoms with van der Waals surface area (Å²) in [6.07, 6.45) is -1.59. The molecule has 0 fully saturated rings. The number of hydrogen-bond acceptors (Lipinski definition) is 4. The molecule has 4 N–H and O–H groups in total. The first-order valence-electron chi connectivity index (χ1n) is 9.00. The number of aliphatic hydroxyl groups is 1. The topological polar surface area (TPSA) is 124 Å². The van der Waals surface area contributed by atoms with Crippen molar-refractivity contribution < 1.29 is 19.8 Å². The molecule has 0 saturated heterocycles. The zero-order chi connectivity index (χ0) is 21.0. The first-order chi connectivity index (χ1) is 13.8. The van der Waals surface area contributed by atoms with Crippen molar-refractivity contribution in [1.82, 2.24) is 15.1 Å². The number of nitrogens with one attached hydrogen (secondary N) is 2. The molecule has 0 radical (unpaired) electrons. The van der Waals surface area contributed by atoms with E-state index >= 15 is 0 Å². The maximum absolute atomic E-state index is 12.6. The van der Waals surface area contributed by atoms with Gasteiger partial charge in [0.2, 0.25) is 0 Å². The van der Waals surface area contributed by atoms with Crippen molar-refractivity contribution in [3.05, 3.63) is 87.8 Å². The number of carboxylic acids is 1. The molecule has 8 nitrogen and oxygen atoms in total. The summed E-state index contributed by atoms with van der Waals surface area (Å²) in [6.45, 7) is 1.76. The van der Waals surface area contributed by atoms with Crippen LogP contribution in [-0.4, -0.2) is 44.0 Å². The Morgan fingerprint density at radius 3 is 2.31 bits per heavy atom. The summed E-state index contributed by atoms with van der Waals surface area (Å²) >= 11 is 0. The van der Waals surface area contributed by atoms with E-state index in [2.05, 4.69) is 10.4 Å². The molecule has 0 saturated carbocycles. The Labute approximate surface area is 166 Å². The van der Waals surface area contributed by atoms with E-state index in [1.165, 1.54) is 22.9 Å². The van der Waals surface area contributed by atoms with Crippen molar-refractivity contribution in [2.75, 3.05) is 0 Å². The van der Waals surface area contributed by atoms with Crippen molar-refractivity contribution in [3.63, 3.8) is 0 Å². The van der Waals surface area contributed by atoms with Gasteiger partial charge in [0.1, 0.15) is 0 Å². The van der Waals surface area contributed by atoms with Gasteiger partial charge in [0, 0.05) is 17.3 Å². The van der Waals surface area contributed by atoms with Gasteiger partial charge in [-0.3, -0.25) is 14.7 Å². The van der Waals surface area contributed by atoms with E-state index in [1.54, 1.807) is 43.3 Å². The van der Waals surface area contributed by atoms with E-state index in [9.17, 15) is 19.5 Å². The lowest BCUT2D eigenvalue weighted by atomic mass is 10.0. The average Bonchev–Trinajstić information content (AvgIpc) is 3.05. The first-order valence-corrected chi connectivity index (χ1v) is 9.00. The van der Waals surface area contributed by atoms with Gasteiger partial charge in [-0.1, -0.05) is 30.3 Å². The van der Waals surface area contributed by atoms with Crippen LogP contribution in [0.25, 0.3) is 5.69 Å². The molecule has 0 aliphatic rings. The van der Waals surface area contributed by atoms with E-state index in [0.717, 1.165) is 5.56 Å². The van der Waals surface area contributed by atoms with Crippen LogP contribution in [0.3, 0.4) is 0 Å². The second-order valence-electron chi connectivity index (χ2n) is 6.71. The zero-order valence-corrected chi connectivity index (χ0v) is 15.7. The Balaban J connectivity index is 1.77. The molecule has 0 bridgehead atoms. The van der Waals surface area contributed by atoms with Crippen molar-refractivity contribution >= 4 is 11.9 Å². The number of benzene rings is 2. The van der Waals surface area contributed by atoms with E-state index < -0.39 is 24.0 Å². The monoisotopic (exact) mass is 395 g/mol. The third-order valence-electron chi connectivity index (χ3n) is 4.49. The average molecular weight is 395 g/mol. The van der Waals surface area contributed by atoms with Gasteiger partial charge in [-0.2, -0.15) is 0 Å². The van der Waals surface area contributed by atoms with Crippen LogP contribution < -0.4 is 10.9 Å². The van der Waals surface area contributed by atoms with Crippen LogP contribution in [-0.2, 0) is 11.2 Å². The smallest absolute Gasteiger partial charge is 0.334 e. The van der Waals surface area contributed by atoms with Gasteiger partial charge in [-0.05, 0) is 43.2 Å². The summed E-state index contributed by atoms with van der Waals surface area (Å²) in [5, 5.41) is 24.7. The molecule has 3 aromatic rings. The number of aliphatic hydroxyl groups excluding tert-OH is 1. The maximum atomic E-state index is 12.6. The number of aromatic nitrogens is 2. The fourth-order valence-electron chi connectivity index (χ4n) is 3.00. The molecule has 1 aromatic heterocycles. The number of nitrogens with zero attached hydrogens (tertiary/aromatic N) is 1. The third kappa shape index (κ3) is 4.80. The quantitative estimate of drug-likeness (QED) is 0.479. The van der Waals surface area contributed by atoms with Gasteiger partial charge in [0.15, 0.2) is 6.10 Å². The van der Waals surface area contributed by atoms with E-state index in [4.69, 9.17) is 5.11 Å². The Morgan fingerprint density at radius 1 is 1.10 bits per heavy atom. The minimum Gasteiger partial charge on any atom is -0.479 e. The van der Waals surface area contributed by atoms with Gasteiger partial charge in [0.05, 0.1) is 11.7 Å². The SMILES string of the molecule is Cc1cc(=O)n(-c2ccc(C(=O)NC(Cc3ccccc3)C(O)C(=O)O)cc2)[nH]1. The summed E-state index contributed by atoms with van der Waals surface area (Å²) in [7, 11) is 0. The number of aryl methyl sites for hydroxylation is 1. The standard InChI is InChI=1S/C21H21N3O5/c1-13-11-18(25)24(23-13)16-9-7-15(8-10-16)20(27)22-17(19(26)21(28)29)12-14-5-3-2-4-6-14/h2-11,17,19,23,26H,12H2,1H3,(H,22,27)(H,28,29). The number of H-pyrrole nitrogens is 1. The number of carboxylic acid groups (broad SMARTS) is 1. The van der Waals surface area contributed by atoms with E-state index in [1.807, 2.05) is 6.07 Å². The molecule has 2 unspecified atom stereocenters. The molecular formula is C21H21N3O5. The minimum absolute atomic E-state index is 0.162. The fraction of sp³-hybridized carbons (Fsp3) is 0.190. The van der Waals surface area contributed by atoms with Gasteiger partial charge in [-0.15, -0.1) is 0 Å². The molecule has 3 rings (SSSR count). The normalized spacial score (nSPS) is 12.9. The summed E-state index contributed by atoms with van der Waals surface area (Å²) in [5.74, 6) is -1.93. The predicted octanol–water partition coefficient (Wildman–Crippen LogP) is 1.26. The van der Waals surface area contributed by atoms with Gasteiger partial charge in [-0.25, -0.2) is 9.48 Å². The van der Waals surface area contributed by atoms with Gasteiger partial charge in [0.25, 0.3) is 11.5 Å². The lowest BCUT2D eigenvalue weighted by Gasteiger charge is -2.21. The Morgan fingerprint density at radius 2 is 1.76 bits per heavy atom. The van der Waals surface area contributed by atoms with Crippen LogP contribution in [0, 0.1) is 6.92 Å². The van der Waals surface area contributed by atoms with Crippen LogP contribution in [0.15, 0.2) is 65.5 Å². The summed E-state index contributed by atoms with van der Waals surface area (Å²) in [5.41, 5.74) is 2.12. The van der Waals surface area contributed by atoms with E-state index in [-0.39, 0.29) is 17.5 Å². The maximum Gasteiger partial charge on any atom is 0.334 e. The van der Waals surface area contributed by atoms with Crippen molar-refractivity contribution in [1.29, 1.82) is 0 Å². The fourth-order valence-corrected chi connectivity index (χ4v) is 3.00. The summed E-state index contributed by atoms with van der Waals surface area (Å²) < 4.78 is 1.35. The lowest BCUT2D eigenvalue weighted by molar-refractivity contribution is -0.148. The summed E-state index contributed by atoms with van der Waals surface area (Å²) in [6, 6.07) is 15.7. The van der Waals surface area contributed by atoms with Crippen LogP contribution in [0.2, 0.25) is 0 Å². The van der Waals surface area contributed by atoms with Gasteiger partial charge >= 0.3 is 5.97 Å². The first kappa shape index (κ1) is 20.1. The number of aromatic amines is 1. The number of aliphatic carboxylic acids is 1. The third-order valence-corrected chi connectivity index (χ3v) is 4.49. The number of carbonyl (C=O) groups excluding carboxylic acids is 1. The minimum atomic E-state index is -1.75. The molecule has 8 heteroatoms. The molecule has 0 spiro atoms. The molecule has 2 atom stereocenters. The Bertz CT molecular complexity index is 1050. The highest BCUT2D eigenvalue weighted by atomic mass is 16.4. The number of amides is 1. The molecule has 0 aliphatic carbocycles. The number of rotatable bonds is 7. The molecule has 29 heavy (non-hydrogen) atoms. The lowest BCUT2D eigenvalue weighted by Crippen LogP contribution is -2.48. The zero-order valence-electron chi connectivity index (χ0n) is 15.7. The predicted molar refractivity (Wildman–Crippen MR) is 106 cm³/mol.